The predicted molar refractivity (Wildman–Crippen MR) is 261 cm³/mol. The smallest absolute Gasteiger partial charge is 0.306 e. The molecule has 0 bridgehead atoms. The van der Waals surface area contributed by atoms with E-state index in [1.165, 1.54) is 122 Å². The molecule has 1 atom stereocenters. The SMILES string of the molecule is CCCCC/C=C\C/C=C\C/C=C\C/C=C\C/C=C\CCC(=O)OC[C@H](COC(=O)CCCCCCC/C=C\CCCCCC)OC(=O)CCCCCCCCCCCCC. The molecular formula is C55H94O6. The number of carbonyl (C=O) groups excluding carboxylic acids is 3. The van der Waals surface area contributed by atoms with Crippen molar-refractivity contribution in [2.75, 3.05) is 13.2 Å². The van der Waals surface area contributed by atoms with Crippen molar-refractivity contribution in [2.24, 2.45) is 0 Å². The van der Waals surface area contributed by atoms with E-state index >= 15 is 0 Å². The highest BCUT2D eigenvalue weighted by Crippen LogP contribution is 2.14. The van der Waals surface area contributed by atoms with Gasteiger partial charge in [0.05, 0.1) is 0 Å². The zero-order chi connectivity index (χ0) is 44.4. The number of hydrogen-bond donors (Lipinski definition) is 0. The van der Waals surface area contributed by atoms with E-state index in [9.17, 15) is 14.4 Å². The Morgan fingerprint density at radius 2 is 0.623 bits per heavy atom. The Labute approximate surface area is 376 Å². The Morgan fingerprint density at radius 3 is 1.08 bits per heavy atom. The van der Waals surface area contributed by atoms with Gasteiger partial charge in [0, 0.05) is 19.3 Å². The molecule has 350 valence electrons. The van der Waals surface area contributed by atoms with Gasteiger partial charge in [0.15, 0.2) is 6.10 Å². The van der Waals surface area contributed by atoms with Crippen molar-refractivity contribution in [3.63, 3.8) is 0 Å². The molecule has 0 unspecified atom stereocenters. The molecule has 0 aromatic carbocycles. The summed E-state index contributed by atoms with van der Waals surface area (Å²) in [4.78, 5) is 37.8. The zero-order valence-corrected chi connectivity index (χ0v) is 39.9. The van der Waals surface area contributed by atoms with Crippen LogP contribution in [0.15, 0.2) is 72.9 Å². The Kier molecular flexibility index (Phi) is 46.9. The van der Waals surface area contributed by atoms with E-state index in [-0.39, 0.29) is 37.5 Å². The third-order valence-corrected chi connectivity index (χ3v) is 10.7. The molecule has 0 rings (SSSR count). The lowest BCUT2D eigenvalue weighted by atomic mass is 10.1. The van der Waals surface area contributed by atoms with E-state index in [2.05, 4.69) is 87.6 Å². The molecule has 0 aliphatic heterocycles. The summed E-state index contributed by atoms with van der Waals surface area (Å²) in [5.41, 5.74) is 0. The maximum absolute atomic E-state index is 12.7. The molecule has 0 aliphatic rings. The second-order valence-electron chi connectivity index (χ2n) is 16.7. The monoisotopic (exact) mass is 851 g/mol. The summed E-state index contributed by atoms with van der Waals surface area (Å²) in [5.74, 6) is -0.996. The molecule has 0 aromatic heterocycles. The van der Waals surface area contributed by atoms with Crippen LogP contribution in [0.3, 0.4) is 0 Å². The number of ether oxygens (including phenoxy) is 3. The first kappa shape index (κ1) is 57.9. The summed E-state index contributed by atoms with van der Waals surface area (Å²) < 4.78 is 16.7. The van der Waals surface area contributed by atoms with E-state index in [0.29, 0.717) is 19.3 Å². The Hall–Kier alpha value is -3.15. The van der Waals surface area contributed by atoms with Gasteiger partial charge < -0.3 is 14.2 Å². The number of allylic oxidation sites excluding steroid dienone is 12. The van der Waals surface area contributed by atoms with Gasteiger partial charge in [0.2, 0.25) is 0 Å². The van der Waals surface area contributed by atoms with Crippen molar-refractivity contribution in [2.45, 2.75) is 245 Å². The first-order chi connectivity index (χ1) is 30.0. The lowest BCUT2D eigenvalue weighted by molar-refractivity contribution is -0.166. The molecule has 0 amide bonds. The van der Waals surface area contributed by atoms with Crippen LogP contribution in [0.1, 0.15) is 239 Å². The van der Waals surface area contributed by atoms with E-state index in [0.717, 1.165) is 70.6 Å². The van der Waals surface area contributed by atoms with Crippen molar-refractivity contribution < 1.29 is 28.6 Å². The van der Waals surface area contributed by atoms with Crippen LogP contribution >= 0.6 is 0 Å². The Balaban J connectivity index is 4.47. The zero-order valence-electron chi connectivity index (χ0n) is 39.9. The minimum absolute atomic E-state index is 0.101. The molecule has 0 saturated carbocycles. The van der Waals surface area contributed by atoms with Crippen molar-refractivity contribution in [1.82, 2.24) is 0 Å². The summed E-state index contributed by atoms with van der Waals surface area (Å²) >= 11 is 0. The average molecular weight is 851 g/mol. The number of unbranched alkanes of at least 4 members (excludes halogenated alkanes) is 22. The van der Waals surface area contributed by atoms with Crippen LogP contribution in [-0.4, -0.2) is 37.2 Å². The largest absolute Gasteiger partial charge is 0.462 e. The summed E-state index contributed by atoms with van der Waals surface area (Å²) in [6.45, 7) is 6.51. The van der Waals surface area contributed by atoms with Gasteiger partial charge in [-0.3, -0.25) is 14.4 Å². The fourth-order valence-electron chi connectivity index (χ4n) is 6.83. The van der Waals surface area contributed by atoms with Crippen molar-refractivity contribution in [3.8, 4) is 0 Å². The van der Waals surface area contributed by atoms with Gasteiger partial charge >= 0.3 is 17.9 Å². The Bertz CT molecular complexity index is 1160. The van der Waals surface area contributed by atoms with E-state index < -0.39 is 6.10 Å². The highest BCUT2D eigenvalue weighted by molar-refractivity contribution is 5.71. The summed E-state index contributed by atoms with van der Waals surface area (Å²) in [6, 6.07) is 0. The summed E-state index contributed by atoms with van der Waals surface area (Å²) in [7, 11) is 0. The number of rotatable bonds is 45. The lowest BCUT2D eigenvalue weighted by Crippen LogP contribution is -2.30. The van der Waals surface area contributed by atoms with Crippen LogP contribution in [0, 0.1) is 0 Å². The summed E-state index contributed by atoms with van der Waals surface area (Å²) in [5, 5.41) is 0. The van der Waals surface area contributed by atoms with Gasteiger partial charge in [-0.2, -0.15) is 0 Å². The van der Waals surface area contributed by atoms with Crippen LogP contribution in [0.4, 0.5) is 0 Å². The number of hydrogen-bond acceptors (Lipinski definition) is 6. The van der Waals surface area contributed by atoms with Crippen molar-refractivity contribution in [1.29, 1.82) is 0 Å². The van der Waals surface area contributed by atoms with E-state index in [1.54, 1.807) is 0 Å². The van der Waals surface area contributed by atoms with Crippen LogP contribution in [0.25, 0.3) is 0 Å². The topological polar surface area (TPSA) is 78.9 Å². The van der Waals surface area contributed by atoms with Gasteiger partial charge in [-0.25, -0.2) is 0 Å². The third-order valence-electron chi connectivity index (χ3n) is 10.7. The maximum atomic E-state index is 12.7. The molecule has 0 spiro atoms. The normalized spacial score (nSPS) is 12.6. The molecule has 0 aromatic rings. The molecule has 6 nitrogen and oxygen atoms in total. The molecule has 0 fully saturated rings. The fraction of sp³-hybridized carbons (Fsp3) is 0.727. The molecule has 0 saturated heterocycles. The van der Waals surface area contributed by atoms with Gasteiger partial charge in [0.25, 0.3) is 0 Å². The second kappa shape index (κ2) is 49.5. The molecule has 0 heterocycles. The van der Waals surface area contributed by atoms with Crippen LogP contribution in [0.2, 0.25) is 0 Å². The van der Waals surface area contributed by atoms with Crippen LogP contribution in [0.5, 0.6) is 0 Å². The number of carbonyl (C=O) groups is 3. The molecule has 0 radical (unpaired) electrons. The first-order valence-corrected chi connectivity index (χ1v) is 25.4. The van der Waals surface area contributed by atoms with Gasteiger partial charge in [-0.05, 0) is 83.5 Å². The van der Waals surface area contributed by atoms with Crippen LogP contribution < -0.4 is 0 Å². The van der Waals surface area contributed by atoms with Gasteiger partial charge in [-0.1, -0.05) is 209 Å². The maximum Gasteiger partial charge on any atom is 0.306 e. The van der Waals surface area contributed by atoms with E-state index in [4.69, 9.17) is 14.2 Å². The minimum Gasteiger partial charge on any atom is -0.462 e. The highest BCUT2D eigenvalue weighted by atomic mass is 16.6. The predicted octanol–water partition coefficient (Wildman–Crippen LogP) is 16.6. The Morgan fingerprint density at radius 1 is 0.328 bits per heavy atom. The average Bonchev–Trinajstić information content (AvgIpc) is 3.26. The number of esters is 3. The lowest BCUT2D eigenvalue weighted by Gasteiger charge is -2.18. The molecular weight excluding hydrogens is 757 g/mol. The summed E-state index contributed by atoms with van der Waals surface area (Å²) in [6.07, 6.45) is 61.8. The highest BCUT2D eigenvalue weighted by Gasteiger charge is 2.19. The minimum atomic E-state index is -0.805. The quantitative estimate of drug-likeness (QED) is 0.0263. The molecule has 0 N–H and O–H groups in total. The first-order valence-electron chi connectivity index (χ1n) is 25.4. The molecule has 6 heteroatoms. The fourth-order valence-corrected chi connectivity index (χ4v) is 6.83. The van der Waals surface area contributed by atoms with Crippen molar-refractivity contribution in [3.05, 3.63) is 72.9 Å². The van der Waals surface area contributed by atoms with E-state index in [1.807, 2.05) is 6.08 Å². The molecule has 61 heavy (non-hydrogen) atoms. The van der Waals surface area contributed by atoms with Gasteiger partial charge in [0.1, 0.15) is 13.2 Å². The van der Waals surface area contributed by atoms with Gasteiger partial charge in [-0.15, -0.1) is 0 Å². The second-order valence-corrected chi connectivity index (χ2v) is 16.7. The standard InChI is InChI=1S/C55H94O6/c1-4-7-10-13-16-19-22-24-25-26-27-28-29-31-34-36-39-42-45-48-54(57)60-51-52(61-55(58)49-46-43-40-37-32-21-18-15-12-9-6-3)50-59-53(56)47-44-41-38-35-33-30-23-20-17-14-11-8-5-2/h16,19-20,23-25,27-28,31,34,39,42,52H,4-15,17-18,21-22,26,29-30,32-33,35-38,40-41,43-51H2,1-3H3/b19-16-,23-20-,25-24-,28-27-,34-31-,42-39-/t52-/m0/s1. The third kappa shape index (κ3) is 47.7. The molecule has 0 aliphatic carbocycles. The van der Waals surface area contributed by atoms with Crippen LogP contribution in [-0.2, 0) is 28.6 Å². The van der Waals surface area contributed by atoms with Crippen molar-refractivity contribution >= 4 is 17.9 Å².